The van der Waals surface area contributed by atoms with Crippen molar-refractivity contribution in [3.63, 3.8) is 0 Å². The highest BCUT2D eigenvalue weighted by Crippen LogP contribution is 2.13. The zero-order valence-electron chi connectivity index (χ0n) is 24.7. The molecule has 0 radical (unpaired) electrons. The van der Waals surface area contributed by atoms with E-state index in [1.807, 2.05) is 0 Å². The molecule has 8 heteroatoms. The summed E-state index contributed by atoms with van der Waals surface area (Å²) < 4.78 is 37.9. The van der Waals surface area contributed by atoms with Gasteiger partial charge in [-0.3, -0.25) is 14.1 Å². The standard InChI is InChI=1S/C30H59NO6S/c1-3-5-7-9-11-13-15-17-19-21-23-25-31-29(32)27-28(38(34,35)36)30(33)37-26-24-22-20-18-16-14-12-10-8-6-4-2/h28H,3-27H2,1-2H3,(H,31,32)(H,34,35,36). The zero-order chi connectivity index (χ0) is 28.3. The van der Waals surface area contributed by atoms with E-state index in [2.05, 4.69) is 19.2 Å². The maximum absolute atomic E-state index is 12.2. The van der Waals surface area contributed by atoms with Gasteiger partial charge in [-0.2, -0.15) is 8.42 Å². The molecule has 0 aliphatic heterocycles. The SMILES string of the molecule is CCCCCCCCCCCCCNC(=O)CC(C(=O)OCCCCCCCCCCCCC)S(=O)(=O)O. The third-order valence-corrected chi connectivity index (χ3v) is 8.17. The monoisotopic (exact) mass is 561 g/mol. The van der Waals surface area contributed by atoms with Crippen molar-refractivity contribution < 1.29 is 27.3 Å². The summed E-state index contributed by atoms with van der Waals surface area (Å²) in [4.78, 5) is 24.4. The molecule has 0 aliphatic rings. The Hall–Kier alpha value is -1.15. The first kappa shape index (κ1) is 36.8. The summed E-state index contributed by atoms with van der Waals surface area (Å²) >= 11 is 0. The molecule has 38 heavy (non-hydrogen) atoms. The van der Waals surface area contributed by atoms with Crippen LogP contribution in [0.5, 0.6) is 0 Å². The summed E-state index contributed by atoms with van der Waals surface area (Å²) in [5.41, 5.74) is 0. The Labute approximate surface area is 234 Å². The van der Waals surface area contributed by atoms with E-state index < -0.39 is 33.7 Å². The molecule has 0 fully saturated rings. The lowest BCUT2D eigenvalue weighted by molar-refractivity contribution is -0.144. The van der Waals surface area contributed by atoms with Gasteiger partial charge in [-0.15, -0.1) is 0 Å². The van der Waals surface area contributed by atoms with Gasteiger partial charge in [0.15, 0.2) is 5.25 Å². The van der Waals surface area contributed by atoms with E-state index in [0.29, 0.717) is 13.0 Å². The number of unbranched alkanes of at least 4 members (excludes halogenated alkanes) is 20. The number of hydrogen-bond donors (Lipinski definition) is 2. The molecule has 0 aliphatic carbocycles. The number of carbonyl (C=O) groups is 2. The molecular weight excluding hydrogens is 502 g/mol. The largest absolute Gasteiger partial charge is 0.465 e. The van der Waals surface area contributed by atoms with E-state index in [1.165, 1.54) is 96.3 Å². The van der Waals surface area contributed by atoms with Crippen molar-refractivity contribution in [2.45, 2.75) is 167 Å². The van der Waals surface area contributed by atoms with E-state index in [1.54, 1.807) is 0 Å². The van der Waals surface area contributed by atoms with Crippen molar-refractivity contribution in [1.29, 1.82) is 0 Å². The maximum atomic E-state index is 12.2. The minimum absolute atomic E-state index is 0.0994. The van der Waals surface area contributed by atoms with Crippen molar-refractivity contribution in [3.8, 4) is 0 Å². The molecule has 0 aromatic heterocycles. The Morgan fingerprint density at radius 1 is 0.632 bits per heavy atom. The molecule has 1 atom stereocenters. The number of amides is 1. The average Bonchev–Trinajstić information content (AvgIpc) is 2.87. The minimum Gasteiger partial charge on any atom is -0.465 e. The van der Waals surface area contributed by atoms with Gasteiger partial charge in [-0.05, 0) is 12.8 Å². The quantitative estimate of drug-likeness (QED) is 0.0570. The third-order valence-electron chi connectivity index (χ3n) is 7.09. The lowest BCUT2D eigenvalue weighted by atomic mass is 10.1. The summed E-state index contributed by atoms with van der Waals surface area (Å²) in [6.07, 6.45) is 25.4. The molecule has 7 nitrogen and oxygen atoms in total. The fourth-order valence-electron chi connectivity index (χ4n) is 4.60. The Morgan fingerprint density at radius 3 is 1.39 bits per heavy atom. The van der Waals surface area contributed by atoms with Crippen LogP contribution in [0.3, 0.4) is 0 Å². The molecule has 226 valence electrons. The molecule has 0 saturated carbocycles. The Morgan fingerprint density at radius 2 is 1.00 bits per heavy atom. The fourth-order valence-corrected chi connectivity index (χ4v) is 5.27. The summed E-state index contributed by atoms with van der Waals surface area (Å²) in [5.74, 6) is -1.62. The normalized spacial score (nSPS) is 12.4. The number of carbonyl (C=O) groups excluding carboxylic acids is 2. The van der Waals surface area contributed by atoms with E-state index in [0.717, 1.165) is 38.5 Å². The minimum atomic E-state index is -4.72. The first-order valence-electron chi connectivity index (χ1n) is 15.7. The van der Waals surface area contributed by atoms with Crippen molar-refractivity contribution in [3.05, 3.63) is 0 Å². The Balaban J connectivity index is 3.88. The molecular formula is C30H59NO6S. The van der Waals surface area contributed by atoms with Gasteiger partial charge >= 0.3 is 5.97 Å². The predicted molar refractivity (Wildman–Crippen MR) is 157 cm³/mol. The van der Waals surface area contributed by atoms with Crippen LogP contribution in [0.25, 0.3) is 0 Å². The van der Waals surface area contributed by atoms with Crippen molar-refractivity contribution in [1.82, 2.24) is 5.32 Å². The van der Waals surface area contributed by atoms with Crippen LogP contribution in [0.15, 0.2) is 0 Å². The summed E-state index contributed by atoms with van der Waals surface area (Å²) in [5, 5.41) is 0.795. The van der Waals surface area contributed by atoms with Gasteiger partial charge in [0.1, 0.15) is 0 Å². The smallest absolute Gasteiger partial charge is 0.327 e. The molecule has 1 unspecified atom stereocenters. The van der Waals surface area contributed by atoms with E-state index in [4.69, 9.17) is 4.74 Å². The predicted octanol–water partition coefficient (Wildman–Crippen LogP) is 7.91. The van der Waals surface area contributed by atoms with Crippen molar-refractivity contribution >= 4 is 22.0 Å². The molecule has 0 bridgehead atoms. The van der Waals surface area contributed by atoms with Crippen LogP contribution >= 0.6 is 0 Å². The fraction of sp³-hybridized carbons (Fsp3) is 0.933. The Bertz CT molecular complexity index is 668. The third kappa shape index (κ3) is 23.9. The summed E-state index contributed by atoms with van der Waals surface area (Å²) in [6.45, 7) is 4.98. The Kier molecular flexibility index (Phi) is 25.3. The first-order valence-corrected chi connectivity index (χ1v) is 17.2. The summed E-state index contributed by atoms with van der Waals surface area (Å²) in [7, 11) is -4.72. The molecule has 0 heterocycles. The first-order chi connectivity index (χ1) is 18.3. The number of nitrogens with one attached hydrogen (secondary N) is 1. The molecule has 1 amide bonds. The molecule has 0 saturated heterocycles. The van der Waals surface area contributed by atoms with Crippen LogP contribution in [0.1, 0.15) is 162 Å². The molecule has 0 rings (SSSR count). The van der Waals surface area contributed by atoms with Crippen LogP contribution in [-0.4, -0.2) is 43.2 Å². The molecule has 0 spiro atoms. The number of esters is 1. The second-order valence-electron chi connectivity index (χ2n) is 10.8. The topological polar surface area (TPSA) is 110 Å². The van der Waals surface area contributed by atoms with Gasteiger partial charge in [-0.25, -0.2) is 0 Å². The molecule has 0 aromatic rings. The van der Waals surface area contributed by atoms with Gasteiger partial charge in [0.05, 0.1) is 13.0 Å². The van der Waals surface area contributed by atoms with Gasteiger partial charge < -0.3 is 10.1 Å². The molecule has 2 N–H and O–H groups in total. The van der Waals surface area contributed by atoms with Gasteiger partial charge in [0.2, 0.25) is 5.91 Å². The highest BCUT2D eigenvalue weighted by atomic mass is 32.2. The average molecular weight is 562 g/mol. The second-order valence-corrected chi connectivity index (χ2v) is 12.4. The van der Waals surface area contributed by atoms with Gasteiger partial charge in [0.25, 0.3) is 10.1 Å². The number of hydrogen-bond acceptors (Lipinski definition) is 5. The lowest BCUT2D eigenvalue weighted by Gasteiger charge is -2.13. The van der Waals surface area contributed by atoms with Crippen LogP contribution in [0.4, 0.5) is 0 Å². The second kappa shape index (κ2) is 26.1. The summed E-state index contributed by atoms with van der Waals surface area (Å²) in [6, 6.07) is 0. The van der Waals surface area contributed by atoms with Gasteiger partial charge in [0, 0.05) is 6.54 Å². The van der Waals surface area contributed by atoms with Crippen LogP contribution in [-0.2, 0) is 24.4 Å². The van der Waals surface area contributed by atoms with E-state index in [9.17, 15) is 22.6 Å². The van der Waals surface area contributed by atoms with E-state index in [-0.39, 0.29) is 6.61 Å². The zero-order valence-corrected chi connectivity index (χ0v) is 25.5. The van der Waals surface area contributed by atoms with Gasteiger partial charge in [-0.1, -0.05) is 142 Å². The van der Waals surface area contributed by atoms with E-state index >= 15 is 0 Å². The molecule has 0 aromatic carbocycles. The highest BCUT2D eigenvalue weighted by molar-refractivity contribution is 7.87. The number of ether oxygens (including phenoxy) is 1. The maximum Gasteiger partial charge on any atom is 0.327 e. The van der Waals surface area contributed by atoms with Crippen LogP contribution < -0.4 is 5.32 Å². The van der Waals surface area contributed by atoms with Crippen LogP contribution in [0, 0.1) is 0 Å². The van der Waals surface area contributed by atoms with Crippen LogP contribution in [0.2, 0.25) is 0 Å². The van der Waals surface area contributed by atoms with Crippen molar-refractivity contribution in [2.24, 2.45) is 0 Å². The highest BCUT2D eigenvalue weighted by Gasteiger charge is 2.34. The lowest BCUT2D eigenvalue weighted by Crippen LogP contribution is -2.38. The van der Waals surface area contributed by atoms with Crippen molar-refractivity contribution in [2.75, 3.05) is 13.2 Å². The number of rotatable bonds is 28.